The van der Waals surface area contributed by atoms with Gasteiger partial charge in [-0.1, -0.05) is 24.6 Å². The van der Waals surface area contributed by atoms with E-state index >= 15 is 0 Å². The third-order valence-electron chi connectivity index (χ3n) is 3.68. The summed E-state index contributed by atoms with van der Waals surface area (Å²) in [5, 5.41) is 4.21. The highest BCUT2D eigenvalue weighted by molar-refractivity contribution is 6.33. The molecule has 0 bridgehead atoms. The molecule has 0 heterocycles. The molecule has 2 rings (SSSR count). The highest BCUT2D eigenvalue weighted by Crippen LogP contribution is 2.35. The second-order valence-electron chi connectivity index (χ2n) is 5.76. The minimum absolute atomic E-state index is 0.498. The third-order valence-corrected chi connectivity index (χ3v) is 3.98. The van der Waals surface area contributed by atoms with Crippen LogP contribution in [-0.2, 0) is 6.54 Å². The molecule has 3 heteroatoms. The van der Waals surface area contributed by atoms with Crippen molar-refractivity contribution >= 4 is 17.3 Å². The molecule has 0 aliphatic heterocycles. The minimum atomic E-state index is 0.498. The van der Waals surface area contributed by atoms with Crippen LogP contribution in [0.2, 0.25) is 5.02 Å². The maximum Gasteiger partial charge on any atom is 0.0642 e. The molecular weight excluding hydrogens is 256 g/mol. The van der Waals surface area contributed by atoms with Crippen LogP contribution in [-0.4, -0.2) is 19.1 Å². The van der Waals surface area contributed by atoms with Crippen LogP contribution in [0.5, 0.6) is 0 Å². The average molecular weight is 281 g/mol. The van der Waals surface area contributed by atoms with E-state index in [4.69, 9.17) is 11.6 Å². The van der Waals surface area contributed by atoms with Gasteiger partial charge in [0.25, 0.3) is 0 Å². The highest BCUT2D eigenvalue weighted by Gasteiger charge is 2.26. The second-order valence-corrected chi connectivity index (χ2v) is 6.16. The van der Waals surface area contributed by atoms with E-state index in [1.165, 1.54) is 24.1 Å². The fourth-order valence-corrected chi connectivity index (χ4v) is 2.64. The lowest BCUT2D eigenvalue weighted by molar-refractivity contribution is 0.644. The normalized spacial score (nSPS) is 15.0. The monoisotopic (exact) mass is 280 g/mol. The molecule has 1 aromatic carbocycles. The molecule has 1 aromatic rings. The zero-order chi connectivity index (χ0) is 13.8. The van der Waals surface area contributed by atoms with E-state index in [9.17, 15) is 0 Å². The largest absolute Gasteiger partial charge is 0.368 e. The third kappa shape index (κ3) is 4.12. The summed E-state index contributed by atoms with van der Waals surface area (Å²) in [6, 6.07) is 6.96. The number of halogens is 1. The first-order valence-corrected chi connectivity index (χ1v) is 7.75. The number of hydrogen-bond acceptors (Lipinski definition) is 2. The fourth-order valence-electron chi connectivity index (χ4n) is 2.33. The number of hydrogen-bond donors (Lipinski definition) is 1. The molecule has 106 valence electrons. The Morgan fingerprint density at radius 2 is 2.11 bits per heavy atom. The molecule has 0 spiro atoms. The zero-order valence-electron chi connectivity index (χ0n) is 12.2. The molecule has 0 amide bonds. The molecule has 19 heavy (non-hydrogen) atoms. The van der Waals surface area contributed by atoms with Gasteiger partial charge >= 0.3 is 0 Å². The lowest BCUT2D eigenvalue weighted by atomic mass is 10.1. The van der Waals surface area contributed by atoms with Gasteiger partial charge in [0.1, 0.15) is 0 Å². The summed E-state index contributed by atoms with van der Waals surface area (Å²) in [4.78, 5) is 2.44. The first-order valence-electron chi connectivity index (χ1n) is 7.37. The topological polar surface area (TPSA) is 15.3 Å². The quantitative estimate of drug-likeness (QED) is 0.810. The lowest BCUT2D eigenvalue weighted by Crippen LogP contribution is -2.33. The molecule has 0 aromatic heterocycles. The van der Waals surface area contributed by atoms with Gasteiger partial charge in [0.05, 0.1) is 10.7 Å². The van der Waals surface area contributed by atoms with E-state index in [1.54, 1.807) is 0 Å². The highest BCUT2D eigenvalue weighted by atomic mass is 35.5. The Morgan fingerprint density at radius 1 is 1.37 bits per heavy atom. The molecule has 1 N–H and O–H groups in total. The van der Waals surface area contributed by atoms with Crippen LogP contribution >= 0.6 is 11.6 Å². The molecule has 0 atom stereocenters. The summed E-state index contributed by atoms with van der Waals surface area (Å²) in [6.45, 7) is 9.62. The maximum absolute atomic E-state index is 6.48. The fraction of sp³-hybridized carbons (Fsp3) is 0.625. The van der Waals surface area contributed by atoms with Gasteiger partial charge in [0.15, 0.2) is 0 Å². The van der Waals surface area contributed by atoms with Crippen molar-refractivity contribution in [3.05, 3.63) is 28.8 Å². The molecule has 1 fully saturated rings. The first-order chi connectivity index (χ1) is 9.11. The van der Waals surface area contributed by atoms with Crippen molar-refractivity contribution in [2.75, 3.05) is 18.0 Å². The predicted molar refractivity (Wildman–Crippen MR) is 84.0 cm³/mol. The SMILES string of the molecule is CCNCc1ccc(N(CC2CC2)C(C)C)c(Cl)c1. The molecule has 1 aliphatic carbocycles. The molecule has 2 nitrogen and oxygen atoms in total. The smallest absolute Gasteiger partial charge is 0.0642 e. The van der Waals surface area contributed by atoms with Gasteiger partial charge in [0.2, 0.25) is 0 Å². The van der Waals surface area contributed by atoms with Gasteiger partial charge in [-0.3, -0.25) is 0 Å². The number of benzene rings is 1. The van der Waals surface area contributed by atoms with Crippen molar-refractivity contribution < 1.29 is 0 Å². The standard InChI is InChI=1S/C16H25ClN2/c1-4-18-10-14-7-8-16(15(17)9-14)19(12(2)3)11-13-5-6-13/h7-9,12-13,18H,4-6,10-11H2,1-3H3. The predicted octanol–water partition coefficient (Wildman–Crippen LogP) is 4.07. The zero-order valence-corrected chi connectivity index (χ0v) is 13.0. The van der Waals surface area contributed by atoms with Crippen LogP contribution in [0, 0.1) is 5.92 Å². The molecule has 0 saturated heterocycles. The van der Waals surface area contributed by atoms with E-state index in [0.29, 0.717) is 6.04 Å². The Kier molecular flexibility index (Phi) is 5.12. The van der Waals surface area contributed by atoms with E-state index in [2.05, 4.69) is 49.2 Å². The summed E-state index contributed by atoms with van der Waals surface area (Å²) in [6.07, 6.45) is 2.75. The van der Waals surface area contributed by atoms with Crippen LogP contribution in [0.3, 0.4) is 0 Å². The van der Waals surface area contributed by atoms with E-state index in [0.717, 1.165) is 30.6 Å². The Labute approximate surface area is 122 Å². The van der Waals surface area contributed by atoms with Crippen molar-refractivity contribution in [2.45, 2.75) is 46.2 Å². The second kappa shape index (κ2) is 6.62. The van der Waals surface area contributed by atoms with Crippen molar-refractivity contribution in [3.8, 4) is 0 Å². The van der Waals surface area contributed by atoms with Gasteiger partial charge in [-0.25, -0.2) is 0 Å². The van der Waals surface area contributed by atoms with Crippen LogP contribution in [0.1, 0.15) is 39.2 Å². The van der Waals surface area contributed by atoms with Gasteiger partial charge in [-0.05, 0) is 56.8 Å². The molecule has 0 radical (unpaired) electrons. The van der Waals surface area contributed by atoms with Crippen LogP contribution in [0.4, 0.5) is 5.69 Å². The molecule has 0 unspecified atom stereocenters. The summed E-state index contributed by atoms with van der Waals surface area (Å²) in [5.74, 6) is 0.875. The maximum atomic E-state index is 6.48. The Bertz CT molecular complexity index is 413. The average Bonchev–Trinajstić information content (AvgIpc) is 3.18. The van der Waals surface area contributed by atoms with Gasteiger partial charge in [-0.2, -0.15) is 0 Å². The van der Waals surface area contributed by atoms with E-state index in [1.807, 2.05) is 0 Å². The van der Waals surface area contributed by atoms with Crippen LogP contribution in [0.15, 0.2) is 18.2 Å². The number of anilines is 1. The lowest BCUT2D eigenvalue weighted by Gasteiger charge is -2.30. The van der Waals surface area contributed by atoms with E-state index < -0.39 is 0 Å². The Morgan fingerprint density at radius 3 is 2.63 bits per heavy atom. The van der Waals surface area contributed by atoms with E-state index in [-0.39, 0.29) is 0 Å². The van der Waals surface area contributed by atoms with Crippen molar-refractivity contribution in [1.29, 1.82) is 0 Å². The molecular formula is C16H25ClN2. The van der Waals surface area contributed by atoms with Crippen molar-refractivity contribution in [1.82, 2.24) is 5.32 Å². The minimum Gasteiger partial charge on any atom is -0.368 e. The Balaban J connectivity index is 2.12. The van der Waals surface area contributed by atoms with Gasteiger partial charge in [0, 0.05) is 19.1 Å². The number of rotatable bonds is 7. The van der Waals surface area contributed by atoms with Crippen molar-refractivity contribution in [3.63, 3.8) is 0 Å². The van der Waals surface area contributed by atoms with Crippen molar-refractivity contribution in [2.24, 2.45) is 5.92 Å². The molecule has 1 aliphatic rings. The summed E-state index contributed by atoms with van der Waals surface area (Å²) >= 11 is 6.48. The Hall–Kier alpha value is -0.730. The number of nitrogens with zero attached hydrogens (tertiary/aromatic N) is 1. The van der Waals surface area contributed by atoms with Crippen LogP contribution in [0.25, 0.3) is 0 Å². The first kappa shape index (κ1) is 14.7. The summed E-state index contributed by atoms with van der Waals surface area (Å²) < 4.78 is 0. The summed E-state index contributed by atoms with van der Waals surface area (Å²) in [7, 11) is 0. The summed E-state index contributed by atoms with van der Waals surface area (Å²) in [5.41, 5.74) is 2.44. The molecule has 1 saturated carbocycles. The van der Waals surface area contributed by atoms with Gasteiger partial charge < -0.3 is 10.2 Å². The number of nitrogens with one attached hydrogen (secondary N) is 1. The van der Waals surface area contributed by atoms with Crippen LogP contribution < -0.4 is 10.2 Å². The van der Waals surface area contributed by atoms with Gasteiger partial charge in [-0.15, -0.1) is 0 Å².